The quantitative estimate of drug-likeness (QED) is 0.557. The smallest absolute Gasteiger partial charge is 0.262 e. The van der Waals surface area contributed by atoms with Gasteiger partial charge in [0, 0.05) is 5.56 Å². The highest BCUT2D eigenvalue weighted by atomic mass is 16.1. The first-order valence-electron chi connectivity index (χ1n) is 5.85. The number of Topliss-reactive ketones (excluding diaryl/α,β-unsaturated/α-hetero) is 1. The summed E-state index contributed by atoms with van der Waals surface area (Å²) in [7, 11) is 0. The molecule has 0 spiro atoms. The van der Waals surface area contributed by atoms with Crippen LogP contribution in [0.1, 0.15) is 53.9 Å². The molecule has 82 valence electrons. The van der Waals surface area contributed by atoms with Gasteiger partial charge in [0.25, 0.3) is 5.78 Å². The van der Waals surface area contributed by atoms with E-state index in [4.69, 9.17) is 5.26 Å². The van der Waals surface area contributed by atoms with Crippen LogP contribution >= 0.6 is 0 Å². The van der Waals surface area contributed by atoms with E-state index in [-0.39, 0.29) is 0 Å². The molecule has 0 bridgehead atoms. The van der Waals surface area contributed by atoms with Crippen molar-refractivity contribution in [3.05, 3.63) is 35.4 Å². The fourth-order valence-electron chi connectivity index (χ4n) is 2.41. The second kappa shape index (κ2) is 4.94. The summed E-state index contributed by atoms with van der Waals surface area (Å²) in [5.74, 6) is 0.204. The molecule has 1 saturated carbocycles. The van der Waals surface area contributed by atoms with Gasteiger partial charge in [0.1, 0.15) is 6.07 Å². The third kappa shape index (κ3) is 2.30. The summed E-state index contributed by atoms with van der Waals surface area (Å²) in [6.07, 6.45) is 6.48. The minimum absolute atomic E-state index is 0.449. The summed E-state index contributed by atoms with van der Waals surface area (Å²) in [5.41, 5.74) is 1.82. The molecule has 0 aromatic heterocycles. The first-order valence-corrected chi connectivity index (χ1v) is 5.85. The summed E-state index contributed by atoms with van der Waals surface area (Å²) < 4.78 is 0. The molecule has 0 radical (unpaired) electrons. The van der Waals surface area contributed by atoms with Gasteiger partial charge in [-0.3, -0.25) is 4.79 Å². The van der Waals surface area contributed by atoms with Crippen LogP contribution in [0.25, 0.3) is 0 Å². The lowest BCUT2D eigenvalue weighted by molar-refractivity contribution is 0.105. The number of hydrogen-bond acceptors (Lipinski definition) is 2. The average molecular weight is 213 g/mol. The Morgan fingerprint density at radius 1 is 1.12 bits per heavy atom. The maximum absolute atomic E-state index is 11.1. The lowest BCUT2D eigenvalue weighted by atomic mass is 9.84. The van der Waals surface area contributed by atoms with E-state index in [1.165, 1.54) is 37.7 Å². The Kier molecular flexibility index (Phi) is 3.36. The zero-order valence-corrected chi connectivity index (χ0v) is 9.28. The Hall–Kier alpha value is -1.62. The normalized spacial score (nSPS) is 16.7. The van der Waals surface area contributed by atoms with Gasteiger partial charge in [0.15, 0.2) is 0 Å². The molecular formula is C14H15NO. The summed E-state index contributed by atoms with van der Waals surface area (Å²) in [6.45, 7) is 0. The number of carbonyl (C=O) groups excluding carboxylic acids is 1. The van der Waals surface area contributed by atoms with Gasteiger partial charge in [0.2, 0.25) is 0 Å². The third-order valence-corrected chi connectivity index (χ3v) is 3.35. The monoisotopic (exact) mass is 213 g/mol. The van der Waals surface area contributed by atoms with E-state index in [9.17, 15) is 4.79 Å². The predicted octanol–water partition coefficient (Wildman–Crippen LogP) is 3.44. The SMILES string of the molecule is N#CC(=O)c1ccc(C2CCCCC2)cc1. The van der Waals surface area contributed by atoms with Crippen molar-refractivity contribution in [2.24, 2.45) is 0 Å². The van der Waals surface area contributed by atoms with Crippen LogP contribution in [0, 0.1) is 11.3 Å². The topological polar surface area (TPSA) is 40.9 Å². The molecule has 1 aromatic carbocycles. The molecule has 0 heterocycles. The predicted molar refractivity (Wildman–Crippen MR) is 62.2 cm³/mol. The van der Waals surface area contributed by atoms with Crippen molar-refractivity contribution in [1.82, 2.24) is 0 Å². The minimum atomic E-state index is -0.449. The van der Waals surface area contributed by atoms with E-state index >= 15 is 0 Å². The maximum atomic E-state index is 11.1. The van der Waals surface area contributed by atoms with Crippen molar-refractivity contribution in [1.29, 1.82) is 5.26 Å². The van der Waals surface area contributed by atoms with Gasteiger partial charge in [-0.25, -0.2) is 0 Å². The van der Waals surface area contributed by atoms with Crippen molar-refractivity contribution in [3.8, 4) is 6.07 Å². The molecule has 1 aliphatic carbocycles. The van der Waals surface area contributed by atoms with E-state index in [0.29, 0.717) is 11.5 Å². The molecule has 0 amide bonds. The second-order valence-corrected chi connectivity index (χ2v) is 4.40. The number of nitriles is 1. The third-order valence-electron chi connectivity index (χ3n) is 3.35. The summed E-state index contributed by atoms with van der Waals surface area (Å²) in [6, 6.07) is 9.19. The van der Waals surface area contributed by atoms with Crippen molar-refractivity contribution >= 4 is 5.78 Å². The first kappa shape index (κ1) is 10.9. The van der Waals surface area contributed by atoms with Gasteiger partial charge < -0.3 is 0 Å². The fraction of sp³-hybridized carbons (Fsp3) is 0.429. The van der Waals surface area contributed by atoms with Crippen molar-refractivity contribution in [2.45, 2.75) is 38.0 Å². The van der Waals surface area contributed by atoms with Crippen molar-refractivity contribution < 1.29 is 4.79 Å². The highest BCUT2D eigenvalue weighted by molar-refractivity contribution is 6.07. The summed E-state index contributed by atoms with van der Waals surface area (Å²) in [4.78, 5) is 11.1. The van der Waals surface area contributed by atoms with E-state index in [1.807, 2.05) is 12.1 Å². The molecular weight excluding hydrogens is 198 g/mol. The van der Waals surface area contributed by atoms with Crippen LogP contribution in [0.15, 0.2) is 24.3 Å². The molecule has 1 fully saturated rings. The molecule has 1 aliphatic rings. The first-order chi connectivity index (χ1) is 7.81. The molecule has 2 heteroatoms. The summed E-state index contributed by atoms with van der Waals surface area (Å²) in [5, 5.41) is 8.51. The van der Waals surface area contributed by atoms with Gasteiger partial charge in [-0.2, -0.15) is 5.26 Å². The lowest BCUT2D eigenvalue weighted by Crippen LogP contribution is -2.05. The van der Waals surface area contributed by atoms with Gasteiger partial charge in [-0.1, -0.05) is 43.5 Å². The molecule has 2 nitrogen and oxygen atoms in total. The zero-order chi connectivity index (χ0) is 11.4. The van der Waals surface area contributed by atoms with Crippen LogP contribution in [0.5, 0.6) is 0 Å². The maximum Gasteiger partial charge on any atom is 0.262 e. The van der Waals surface area contributed by atoms with Crippen LogP contribution in [0.4, 0.5) is 0 Å². The van der Waals surface area contributed by atoms with E-state index in [2.05, 4.69) is 0 Å². The fourth-order valence-corrected chi connectivity index (χ4v) is 2.41. The van der Waals surface area contributed by atoms with Crippen molar-refractivity contribution in [2.75, 3.05) is 0 Å². The van der Waals surface area contributed by atoms with Gasteiger partial charge in [-0.15, -0.1) is 0 Å². The number of rotatable bonds is 2. The number of nitrogens with zero attached hydrogens (tertiary/aromatic N) is 1. The molecule has 0 atom stereocenters. The molecule has 1 aromatic rings. The highest BCUT2D eigenvalue weighted by Crippen LogP contribution is 2.32. The molecule has 2 rings (SSSR count). The number of hydrogen-bond donors (Lipinski definition) is 0. The molecule has 0 N–H and O–H groups in total. The van der Waals surface area contributed by atoms with Gasteiger partial charge in [-0.05, 0) is 24.3 Å². The second-order valence-electron chi connectivity index (χ2n) is 4.40. The average Bonchev–Trinajstić information content (AvgIpc) is 2.39. The Balaban J connectivity index is 2.12. The largest absolute Gasteiger partial charge is 0.277 e. The van der Waals surface area contributed by atoms with Crippen LogP contribution in [0.3, 0.4) is 0 Å². The Labute approximate surface area is 95.9 Å². The van der Waals surface area contributed by atoms with E-state index in [0.717, 1.165) is 0 Å². The minimum Gasteiger partial charge on any atom is -0.277 e. The Bertz CT molecular complexity index is 407. The number of ketones is 1. The standard InChI is InChI=1S/C14H15NO/c15-10-14(16)13-8-6-12(7-9-13)11-4-2-1-3-5-11/h6-9,11H,1-5H2. The lowest BCUT2D eigenvalue weighted by Gasteiger charge is -2.21. The van der Waals surface area contributed by atoms with Gasteiger partial charge >= 0.3 is 0 Å². The molecule has 16 heavy (non-hydrogen) atoms. The molecule has 0 unspecified atom stereocenters. The van der Waals surface area contributed by atoms with Crippen LogP contribution in [0.2, 0.25) is 0 Å². The van der Waals surface area contributed by atoms with Crippen LogP contribution < -0.4 is 0 Å². The van der Waals surface area contributed by atoms with Crippen LogP contribution in [-0.2, 0) is 0 Å². The molecule has 0 saturated heterocycles. The van der Waals surface area contributed by atoms with Gasteiger partial charge in [0.05, 0.1) is 0 Å². The molecule has 0 aliphatic heterocycles. The van der Waals surface area contributed by atoms with E-state index in [1.54, 1.807) is 18.2 Å². The number of carbonyl (C=O) groups is 1. The van der Waals surface area contributed by atoms with Crippen molar-refractivity contribution in [3.63, 3.8) is 0 Å². The Morgan fingerprint density at radius 2 is 1.75 bits per heavy atom. The number of benzene rings is 1. The highest BCUT2D eigenvalue weighted by Gasteiger charge is 2.15. The summed E-state index contributed by atoms with van der Waals surface area (Å²) >= 11 is 0. The van der Waals surface area contributed by atoms with E-state index < -0.39 is 5.78 Å². The Morgan fingerprint density at radius 3 is 2.31 bits per heavy atom. The zero-order valence-electron chi connectivity index (χ0n) is 9.28. The van der Waals surface area contributed by atoms with Crippen LogP contribution in [-0.4, -0.2) is 5.78 Å².